The van der Waals surface area contributed by atoms with Crippen LogP contribution in [0.3, 0.4) is 0 Å². The SMILES string of the molecule is Cc1cc(OC(=O)C2=NN(Cc3ccccc3)C(=O)CC2)ccc1[N+](=O)[O-]. The lowest BCUT2D eigenvalue weighted by molar-refractivity contribution is -0.385. The van der Waals surface area contributed by atoms with Crippen molar-refractivity contribution in [2.45, 2.75) is 26.3 Å². The molecular weight excluding hydrogens is 350 g/mol. The largest absolute Gasteiger partial charge is 0.422 e. The maximum Gasteiger partial charge on any atom is 0.359 e. The molecule has 8 heteroatoms. The summed E-state index contributed by atoms with van der Waals surface area (Å²) in [5.41, 5.74) is 1.37. The summed E-state index contributed by atoms with van der Waals surface area (Å²) in [6, 6.07) is 13.4. The molecule has 1 heterocycles. The highest BCUT2D eigenvalue weighted by Crippen LogP contribution is 2.23. The molecule has 0 saturated carbocycles. The summed E-state index contributed by atoms with van der Waals surface area (Å²) in [4.78, 5) is 34.8. The third kappa shape index (κ3) is 4.35. The molecule has 138 valence electrons. The monoisotopic (exact) mass is 367 g/mol. The van der Waals surface area contributed by atoms with Gasteiger partial charge in [-0.1, -0.05) is 30.3 Å². The van der Waals surface area contributed by atoms with Gasteiger partial charge in [0.15, 0.2) is 0 Å². The molecule has 1 amide bonds. The molecule has 8 nitrogen and oxygen atoms in total. The number of carbonyl (C=O) groups excluding carboxylic acids is 2. The van der Waals surface area contributed by atoms with E-state index in [2.05, 4.69) is 5.10 Å². The van der Waals surface area contributed by atoms with Crippen LogP contribution in [0.2, 0.25) is 0 Å². The van der Waals surface area contributed by atoms with E-state index in [1.807, 2.05) is 30.3 Å². The number of amides is 1. The second kappa shape index (κ2) is 7.77. The molecule has 2 aromatic rings. The summed E-state index contributed by atoms with van der Waals surface area (Å²) in [5.74, 6) is -0.646. The van der Waals surface area contributed by atoms with E-state index in [-0.39, 0.29) is 42.4 Å². The Bertz CT molecular complexity index is 924. The lowest BCUT2D eigenvalue weighted by atomic mass is 10.1. The average Bonchev–Trinajstić information content (AvgIpc) is 2.64. The van der Waals surface area contributed by atoms with Crippen LogP contribution < -0.4 is 4.74 Å². The Morgan fingerprint density at radius 1 is 1.22 bits per heavy atom. The zero-order valence-corrected chi connectivity index (χ0v) is 14.6. The van der Waals surface area contributed by atoms with Gasteiger partial charge in [-0.25, -0.2) is 9.80 Å². The highest BCUT2D eigenvalue weighted by molar-refractivity contribution is 6.37. The van der Waals surface area contributed by atoms with Gasteiger partial charge >= 0.3 is 5.97 Å². The van der Waals surface area contributed by atoms with Crippen molar-refractivity contribution in [2.24, 2.45) is 5.10 Å². The van der Waals surface area contributed by atoms with Crippen molar-refractivity contribution in [3.05, 3.63) is 69.8 Å². The van der Waals surface area contributed by atoms with Gasteiger partial charge in [-0.05, 0) is 24.6 Å². The fourth-order valence-corrected chi connectivity index (χ4v) is 2.69. The molecule has 1 aliphatic heterocycles. The zero-order chi connectivity index (χ0) is 19.4. The van der Waals surface area contributed by atoms with Crippen LogP contribution in [0, 0.1) is 17.0 Å². The number of nitrogens with zero attached hydrogens (tertiary/aromatic N) is 3. The van der Waals surface area contributed by atoms with Crippen molar-refractivity contribution >= 4 is 23.3 Å². The highest BCUT2D eigenvalue weighted by atomic mass is 16.6. The van der Waals surface area contributed by atoms with Crippen LogP contribution in [0.15, 0.2) is 53.6 Å². The van der Waals surface area contributed by atoms with Crippen LogP contribution in [0.5, 0.6) is 5.75 Å². The molecule has 0 radical (unpaired) electrons. The summed E-state index contributed by atoms with van der Waals surface area (Å²) in [5, 5.41) is 16.3. The summed E-state index contributed by atoms with van der Waals surface area (Å²) in [6.45, 7) is 1.83. The molecule has 0 bridgehead atoms. The van der Waals surface area contributed by atoms with Gasteiger partial charge in [0.2, 0.25) is 5.91 Å². The lowest BCUT2D eigenvalue weighted by Crippen LogP contribution is -2.35. The van der Waals surface area contributed by atoms with Crippen molar-refractivity contribution in [2.75, 3.05) is 0 Å². The lowest BCUT2D eigenvalue weighted by Gasteiger charge is -2.22. The predicted molar refractivity (Wildman–Crippen MR) is 97.1 cm³/mol. The van der Waals surface area contributed by atoms with E-state index in [1.165, 1.54) is 23.2 Å². The number of hydrogen-bond acceptors (Lipinski definition) is 6. The molecule has 0 fully saturated rings. The summed E-state index contributed by atoms with van der Waals surface area (Å²) in [6.07, 6.45) is 0.356. The van der Waals surface area contributed by atoms with E-state index < -0.39 is 10.9 Å². The van der Waals surface area contributed by atoms with Gasteiger partial charge < -0.3 is 4.74 Å². The third-order valence-electron chi connectivity index (χ3n) is 4.09. The Hall–Kier alpha value is -3.55. The molecule has 0 N–H and O–H groups in total. The third-order valence-corrected chi connectivity index (χ3v) is 4.09. The Morgan fingerprint density at radius 3 is 2.63 bits per heavy atom. The summed E-state index contributed by atoms with van der Waals surface area (Å²) in [7, 11) is 0. The van der Waals surface area contributed by atoms with Gasteiger partial charge in [-0.2, -0.15) is 5.10 Å². The Labute approximate surface area is 155 Å². The molecule has 0 spiro atoms. The summed E-state index contributed by atoms with van der Waals surface area (Å²) >= 11 is 0. The van der Waals surface area contributed by atoms with Crippen LogP contribution in [0.4, 0.5) is 5.69 Å². The van der Waals surface area contributed by atoms with Gasteiger partial charge in [0.25, 0.3) is 5.69 Å². The van der Waals surface area contributed by atoms with Gasteiger partial charge in [0, 0.05) is 24.5 Å². The Kier molecular flexibility index (Phi) is 5.25. The molecule has 3 rings (SSSR count). The molecular formula is C19H17N3O5. The number of nitro groups is 1. The van der Waals surface area contributed by atoms with Crippen LogP contribution in [-0.2, 0) is 16.1 Å². The minimum absolute atomic E-state index is 0.0514. The Morgan fingerprint density at radius 2 is 1.96 bits per heavy atom. The van der Waals surface area contributed by atoms with Gasteiger partial charge in [-0.15, -0.1) is 0 Å². The number of ether oxygens (including phenoxy) is 1. The molecule has 0 atom stereocenters. The minimum Gasteiger partial charge on any atom is -0.422 e. The minimum atomic E-state index is -0.672. The molecule has 0 aliphatic carbocycles. The maximum atomic E-state index is 12.4. The van der Waals surface area contributed by atoms with Gasteiger partial charge in [-0.3, -0.25) is 14.9 Å². The highest BCUT2D eigenvalue weighted by Gasteiger charge is 2.26. The molecule has 0 saturated heterocycles. The maximum absolute atomic E-state index is 12.4. The second-order valence-corrected chi connectivity index (χ2v) is 6.08. The molecule has 1 aliphatic rings. The number of carbonyl (C=O) groups is 2. The van der Waals surface area contributed by atoms with E-state index in [1.54, 1.807) is 6.92 Å². The summed E-state index contributed by atoms with van der Waals surface area (Å²) < 4.78 is 5.27. The van der Waals surface area contributed by atoms with Crippen molar-refractivity contribution in [3.63, 3.8) is 0 Å². The number of benzene rings is 2. The first-order valence-corrected chi connectivity index (χ1v) is 8.33. The number of esters is 1. The zero-order valence-electron chi connectivity index (χ0n) is 14.6. The molecule has 2 aromatic carbocycles. The van der Waals surface area contributed by atoms with Crippen molar-refractivity contribution < 1.29 is 19.2 Å². The first kappa shape index (κ1) is 18.2. The smallest absolute Gasteiger partial charge is 0.359 e. The van der Waals surface area contributed by atoms with E-state index in [0.717, 1.165) is 5.56 Å². The van der Waals surface area contributed by atoms with Crippen LogP contribution in [-0.4, -0.2) is 27.5 Å². The van der Waals surface area contributed by atoms with E-state index >= 15 is 0 Å². The van der Waals surface area contributed by atoms with Gasteiger partial charge in [0.05, 0.1) is 11.5 Å². The fraction of sp³-hybridized carbons (Fsp3) is 0.211. The number of hydrogen-bond donors (Lipinski definition) is 0. The predicted octanol–water partition coefficient (Wildman–Crippen LogP) is 2.99. The Balaban J connectivity index is 1.73. The second-order valence-electron chi connectivity index (χ2n) is 6.08. The fourth-order valence-electron chi connectivity index (χ4n) is 2.69. The number of nitro benzene ring substituents is 1. The molecule has 0 aromatic heterocycles. The molecule has 27 heavy (non-hydrogen) atoms. The normalized spacial score (nSPS) is 13.9. The number of hydrazone groups is 1. The van der Waals surface area contributed by atoms with Crippen molar-refractivity contribution in [1.82, 2.24) is 5.01 Å². The van der Waals surface area contributed by atoms with Gasteiger partial charge in [0.1, 0.15) is 11.5 Å². The first-order valence-electron chi connectivity index (χ1n) is 8.33. The number of aryl methyl sites for hydroxylation is 1. The van der Waals surface area contributed by atoms with E-state index in [4.69, 9.17) is 4.74 Å². The molecule has 0 unspecified atom stereocenters. The van der Waals surface area contributed by atoms with Crippen LogP contribution in [0.25, 0.3) is 0 Å². The van der Waals surface area contributed by atoms with E-state index in [9.17, 15) is 19.7 Å². The average molecular weight is 367 g/mol. The van der Waals surface area contributed by atoms with Crippen LogP contribution >= 0.6 is 0 Å². The topological polar surface area (TPSA) is 102 Å². The van der Waals surface area contributed by atoms with Crippen molar-refractivity contribution in [1.29, 1.82) is 0 Å². The van der Waals surface area contributed by atoms with Crippen molar-refractivity contribution in [3.8, 4) is 5.75 Å². The van der Waals surface area contributed by atoms with Crippen LogP contribution in [0.1, 0.15) is 24.0 Å². The van der Waals surface area contributed by atoms with E-state index in [0.29, 0.717) is 5.56 Å². The first-order chi connectivity index (χ1) is 12.9. The standard InChI is InChI=1S/C19H17N3O5/c1-13-11-15(7-9-17(13)22(25)26)27-19(24)16-8-10-18(23)21(20-16)12-14-5-3-2-4-6-14/h2-7,9,11H,8,10,12H2,1H3. The quantitative estimate of drug-likeness (QED) is 0.350. The number of rotatable bonds is 5.